The first-order chi connectivity index (χ1) is 17.0. The van der Waals surface area contributed by atoms with Crippen LogP contribution in [-0.4, -0.2) is 75.3 Å². The van der Waals surface area contributed by atoms with Crippen molar-refractivity contribution in [3.63, 3.8) is 0 Å². The normalized spacial score (nSPS) is 20.6. The summed E-state index contributed by atoms with van der Waals surface area (Å²) in [6.07, 6.45) is -2.02. The molecule has 2 aromatic carbocycles. The van der Waals surface area contributed by atoms with Crippen molar-refractivity contribution < 1.29 is 102 Å². The molecule has 2 saturated heterocycles. The average molecular weight is 583 g/mol. The van der Waals surface area contributed by atoms with Gasteiger partial charge < -0.3 is 39.1 Å². The van der Waals surface area contributed by atoms with Gasteiger partial charge in [-0.05, 0) is 18.7 Å². The fraction of sp³-hybridized carbons (Fsp3) is 0.364. The van der Waals surface area contributed by atoms with Gasteiger partial charge >= 0.3 is 66.7 Å². The summed E-state index contributed by atoms with van der Waals surface area (Å²) in [6, 6.07) is 18.2. The second-order valence-corrected chi connectivity index (χ2v) is 12.2. The predicted octanol–water partition coefficient (Wildman–Crippen LogP) is -6.81. The van der Waals surface area contributed by atoms with Crippen molar-refractivity contribution in [1.82, 2.24) is 15.1 Å². The molecule has 2 aromatic rings. The molecule has 2 heterocycles. The minimum Gasteiger partial charge on any atom is -0.809 e. The molecule has 2 aliphatic heterocycles. The van der Waals surface area contributed by atoms with E-state index in [2.05, 4.69) is 5.32 Å². The van der Waals surface area contributed by atoms with Gasteiger partial charge in [-0.1, -0.05) is 60.7 Å². The number of carbonyl (C=O) groups is 2. The van der Waals surface area contributed by atoms with Crippen LogP contribution in [0.4, 0.5) is 0 Å². The number of carbonyl (C=O) groups excluding carboxylic acids is 2. The summed E-state index contributed by atoms with van der Waals surface area (Å²) < 4.78 is 28.3. The molecule has 2 amide bonds. The van der Waals surface area contributed by atoms with Crippen LogP contribution in [0.3, 0.4) is 0 Å². The van der Waals surface area contributed by atoms with Gasteiger partial charge in [0, 0.05) is 26.2 Å². The van der Waals surface area contributed by atoms with Crippen molar-refractivity contribution in [2.75, 3.05) is 26.2 Å². The van der Waals surface area contributed by atoms with E-state index in [0.29, 0.717) is 0 Å². The molecule has 0 bridgehead atoms. The maximum absolute atomic E-state index is 12.9. The minimum atomic E-state index is -5.62. The Hall–Kier alpha value is -0.400. The van der Waals surface area contributed by atoms with Crippen LogP contribution < -0.4 is 74.2 Å². The van der Waals surface area contributed by atoms with Gasteiger partial charge in [0.1, 0.15) is 5.52 Å². The van der Waals surface area contributed by atoms with Crippen molar-refractivity contribution in [2.24, 2.45) is 0 Å². The van der Waals surface area contributed by atoms with E-state index in [0.717, 1.165) is 16.0 Å². The SMILES string of the molecule is O=C(NC(c1ccccc1)c1ccccc1)[C@H]1O[C@@H]1C(=O)N1CCN(C(P(=O)([O-])[O-])P(=O)(O)O)CC1.[Na+].[Na+]. The second kappa shape index (κ2) is 14.0. The quantitative estimate of drug-likeness (QED) is 0.153. The maximum Gasteiger partial charge on any atom is 1.00 e. The number of piperazine rings is 1. The molecule has 2 fully saturated rings. The molecule has 194 valence electrons. The van der Waals surface area contributed by atoms with Gasteiger partial charge in [0.25, 0.3) is 11.8 Å². The number of nitrogens with zero attached hydrogens (tertiary/aromatic N) is 2. The van der Waals surface area contributed by atoms with Crippen molar-refractivity contribution in [3.8, 4) is 0 Å². The van der Waals surface area contributed by atoms with Crippen molar-refractivity contribution in [1.29, 1.82) is 0 Å². The molecule has 0 aliphatic carbocycles. The zero-order valence-corrected chi connectivity index (χ0v) is 26.7. The van der Waals surface area contributed by atoms with E-state index in [1.807, 2.05) is 60.7 Å². The number of epoxide rings is 1. The Bertz CT molecular complexity index is 1130. The van der Waals surface area contributed by atoms with Crippen LogP contribution in [-0.2, 0) is 23.5 Å². The molecule has 12 nitrogen and oxygen atoms in total. The zero-order valence-electron chi connectivity index (χ0n) is 21.0. The molecule has 2 aliphatic rings. The molecule has 0 saturated carbocycles. The van der Waals surface area contributed by atoms with Crippen LogP contribution in [0.15, 0.2) is 60.7 Å². The molecular formula is C22H25N3Na2O9P2. The van der Waals surface area contributed by atoms with E-state index in [-0.39, 0.29) is 85.3 Å². The largest absolute Gasteiger partial charge is 1.00 e. The number of nitrogens with one attached hydrogen (secondary N) is 1. The standard InChI is InChI=1S/C22H27N3O9P2.2Na/c26-20(23-17(15-7-3-1-4-8-15)16-9-5-2-6-10-16)18-19(34-18)21(27)24-11-13-25(14-12-24)22(35(28,29)30)36(31,32)33;;/h1-10,17-19,22H,11-14H2,(H,23,26)(H2,28,29,30)(H2,31,32,33);;/q;2*+1/p-2/t18-,19-;;/m0../s1. The first-order valence-electron chi connectivity index (χ1n) is 11.1. The summed E-state index contributed by atoms with van der Waals surface area (Å²) in [5.74, 6) is -0.962. The van der Waals surface area contributed by atoms with Crippen LogP contribution in [0, 0.1) is 0 Å². The Morgan fingerprint density at radius 2 is 1.34 bits per heavy atom. The first kappa shape index (κ1) is 33.8. The van der Waals surface area contributed by atoms with Gasteiger partial charge in [0.2, 0.25) is 0 Å². The van der Waals surface area contributed by atoms with Crippen LogP contribution in [0.1, 0.15) is 17.2 Å². The van der Waals surface area contributed by atoms with E-state index >= 15 is 0 Å². The maximum atomic E-state index is 12.9. The molecular weight excluding hydrogens is 558 g/mol. The van der Waals surface area contributed by atoms with Gasteiger partial charge in [-0.3, -0.25) is 19.1 Å². The Labute approximate surface area is 264 Å². The summed E-state index contributed by atoms with van der Waals surface area (Å²) in [7, 11) is -10.9. The summed E-state index contributed by atoms with van der Waals surface area (Å²) in [5, 5.41) is 2.92. The van der Waals surface area contributed by atoms with Crippen LogP contribution in [0.25, 0.3) is 0 Å². The summed E-state index contributed by atoms with van der Waals surface area (Å²) in [4.78, 5) is 69.4. The summed E-state index contributed by atoms with van der Waals surface area (Å²) in [6.45, 7) is -0.631. The summed E-state index contributed by atoms with van der Waals surface area (Å²) >= 11 is 0. The third kappa shape index (κ3) is 8.31. The van der Waals surface area contributed by atoms with Gasteiger partial charge in [-0.25, -0.2) is 0 Å². The monoisotopic (exact) mass is 583 g/mol. The van der Waals surface area contributed by atoms with E-state index in [1.165, 1.54) is 4.90 Å². The molecule has 38 heavy (non-hydrogen) atoms. The molecule has 3 N–H and O–H groups in total. The van der Waals surface area contributed by atoms with Crippen molar-refractivity contribution >= 4 is 27.0 Å². The number of hydrogen-bond donors (Lipinski definition) is 3. The average Bonchev–Trinajstić information content (AvgIpc) is 3.63. The van der Waals surface area contributed by atoms with Gasteiger partial charge in [0.15, 0.2) is 12.2 Å². The fourth-order valence-corrected chi connectivity index (χ4v) is 7.09. The predicted molar refractivity (Wildman–Crippen MR) is 123 cm³/mol. The molecule has 1 unspecified atom stereocenters. The molecule has 3 atom stereocenters. The third-order valence-electron chi connectivity index (χ3n) is 6.08. The smallest absolute Gasteiger partial charge is 0.809 e. The van der Waals surface area contributed by atoms with Crippen LogP contribution >= 0.6 is 15.2 Å². The fourth-order valence-electron chi connectivity index (χ4n) is 4.32. The molecule has 16 heteroatoms. The number of benzene rings is 2. The molecule has 0 spiro atoms. The van der Waals surface area contributed by atoms with E-state index in [4.69, 9.17) is 4.74 Å². The molecule has 0 radical (unpaired) electrons. The van der Waals surface area contributed by atoms with Crippen LogP contribution in [0.5, 0.6) is 0 Å². The Morgan fingerprint density at radius 1 is 0.868 bits per heavy atom. The number of ether oxygens (including phenoxy) is 1. The Balaban J connectivity index is 0.00000253. The molecule has 0 aromatic heterocycles. The van der Waals surface area contributed by atoms with Gasteiger partial charge in [-0.15, -0.1) is 0 Å². The number of hydrogen-bond acceptors (Lipinski definition) is 8. The first-order valence-corrected chi connectivity index (χ1v) is 14.4. The zero-order chi connectivity index (χ0) is 26.1. The van der Waals surface area contributed by atoms with Crippen LogP contribution in [0.2, 0.25) is 0 Å². The van der Waals surface area contributed by atoms with E-state index in [1.54, 1.807) is 0 Å². The third-order valence-corrected chi connectivity index (χ3v) is 9.65. The van der Waals surface area contributed by atoms with Crippen molar-refractivity contribution in [2.45, 2.75) is 23.8 Å². The second-order valence-electron chi connectivity index (χ2n) is 8.58. The Morgan fingerprint density at radius 3 is 1.76 bits per heavy atom. The van der Waals surface area contributed by atoms with E-state index < -0.39 is 50.8 Å². The molecule has 4 rings (SSSR count). The summed E-state index contributed by atoms with van der Waals surface area (Å²) in [5.41, 5.74) is -0.776. The van der Waals surface area contributed by atoms with Gasteiger partial charge in [-0.2, -0.15) is 0 Å². The number of amides is 2. The Kier molecular flexibility index (Phi) is 12.4. The van der Waals surface area contributed by atoms with Gasteiger partial charge in [0.05, 0.1) is 6.04 Å². The topological polar surface area (TPSA) is 186 Å². The minimum absolute atomic E-state index is 0. The van der Waals surface area contributed by atoms with Crippen molar-refractivity contribution in [3.05, 3.63) is 71.8 Å². The van der Waals surface area contributed by atoms with E-state index in [9.17, 15) is 38.3 Å². The number of rotatable bonds is 8.